The van der Waals surface area contributed by atoms with Gasteiger partial charge in [0.15, 0.2) is 0 Å². The molecule has 0 nitrogen and oxygen atoms in total. The summed E-state index contributed by atoms with van der Waals surface area (Å²) in [6.45, 7) is 0. The second kappa shape index (κ2) is 2.56. The molecular weight excluding hydrogens is 335 g/mol. The van der Waals surface area contributed by atoms with Crippen LogP contribution in [0.4, 0.5) is 0 Å². The monoisotopic (exact) mass is 356 g/mol. The van der Waals surface area contributed by atoms with Crippen LogP contribution in [-0.2, 0) is 0 Å². The van der Waals surface area contributed by atoms with Gasteiger partial charge in [-0.3, -0.25) is 0 Å². The fourth-order valence-corrected chi connectivity index (χ4v) is 17.6. The van der Waals surface area contributed by atoms with Gasteiger partial charge in [0.2, 0.25) is 0 Å². The van der Waals surface area contributed by atoms with E-state index in [0.717, 1.165) is 106 Å². The Balaban J connectivity index is 1.43. The molecule has 12 aliphatic carbocycles. The lowest BCUT2D eigenvalue weighted by atomic mass is 9.64. The minimum absolute atomic E-state index is 0.646. The number of halogens is 2. The summed E-state index contributed by atoms with van der Waals surface area (Å²) in [4.78, 5) is 0. The van der Waals surface area contributed by atoms with Crippen LogP contribution in [0.5, 0.6) is 0 Å². The van der Waals surface area contributed by atoms with Crippen LogP contribution >= 0.6 is 23.2 Å². The highest BCUT2D eigenvalue weighted by atomic mass is 35.5. The van der Waals surface area contributed by atoms with Crippen molar-refractivity contribution in [2.75, 3.05) is 11.8 Å². The molecule has 0 N–H and O–H groups in total. The Morgan fingerprint density at radius 3 is 0.917 bits per heavy atom. The lowest BCUT2D eigenvalue weighted by Crippen LogP contribution is -2.41. The van der Waals surface area contributed by atoms with E-state index in [1.165, 1.54) is 11.8 Å². The Bertz CT molecular complexity index is 714. The number of alkyl halides is 2. The van der Waals surface area contributed by atoms with Gasteiger partial charge in [0, 0.05) is 11.8 Å². The summed E-state index contributed by atoms with van der Waals surface area (Å²) in [5, 5.41) is 0. The van der Waals surface area contributed by atoms with Gasteiger partial charge in [-0.05, 0) is 117 Å². The molecule has 0 aromatic heterocycles. The van der Waals surface area contributed by atoms with Crippen molar-refractivity contribution < 1.29 is 0 Å². The van der Waals surface area contributed by atoms with Gasteiger partial charge >= 0.3 is 0 Å². The molecule has 0 heterocycles. The number of hydrogen-bond acceptors (Lipinski definition) is 0. The zero-order valence-corrected chi connectivity index (χ0v) is 15.1. The van der Waals surface area contributed by atoms with E-state index in [4.69, 9.17) is 23.2 Å². The Morgan fingerprint density at radius 1 is 0.375 bits per heavy atom. The standard InChI is InChI=1S/C22H22Cl2/c23-1-21-15-5-3-4-6(15)10-12-8(4)16-7(3)11-9(5)17(21)13-14(18(10)21)20(12)22(16,2-24)19(11)13/h3-20H,1-2H2. The first-order chi connectivity index (χ1) is 11.9. The first-order valence-electron chi connectivity index (χ1n) is 11.0. The van der Waals surface area contributed by atoms with Crippen molar-refractivity contribution in [2.45, 2.75) is 0 Å². The first-order valence-corrected chi connectivity index (χ1v) is 12.0. The Kier molecular flexibility index (Phi) is 1.22. The Labute approximate surface area is 152 Å². The maximum Gasteiger partial charge on any atom is 0.0288 e. The molecule has 24 heavy (non-hydrogen) atoms. The van der Waals surface area contributed by atoms with Crippen molar-refractivity contribution in [2.24, 2.45) is 117 Å². The first kappa shape index (κ1) is 11.4. The van der Waals surface area contributed by atoms with Gasteiger partial charge in [0.05, 0.1) is 0 Å². The average molecular weight is 357 g/mol. The van der Waals surface area contributed by atoms with Crippen LogP contribution in [0, 0.1) is 117 Å². The van der Waals surface area contributed by atoms with Gasteiger partial charge in [0.25, 0.3) is 0 Å². The predicted molar refractivity (Wildman–Crippen MR) is 89.1 cm³/mol. The quantitative estimate of drug-likeness (QED) is 0.662. The topological polar surface area (TPSA) is 0 Å². The molecule has 124 valence electrons. The van der Waals surface area contributed by atoms with E-state index >= 15 is 0 Å². The maximum absolute atomic E-state index is 6.99. The van der Waals surface area contributed by atoms with E-state index in [2.05, 4.69) is 0 Å². The van der Waals surface area contributed by atoms with E-state index in [-0.39, 0.29) is 0 Å². The van der Waals surface area contributed by atoms with E-state index in [0.29, 0.717) is 10.8 Å². The molecule has 12 rings (SSSR count). The van der Waals surface area contributed by atoms with Gasteiger partial charge in [-0.1, -0.05) is 0 Å². The molecule has 0 aromatic carbocycles. The van der Waals surface area contributed by atoms with Crippen molar-refractivity contribution in [3.8, 4) is 0 Å². The van der Waals surface area contributed by atoms with Crippen molar-refractivity contribution >= 4 is 23.2 Å². The predicted octanol–water partition coefficient (Wildman–Crippen LogP) is 3.68. The van der Waals surface area contributed by atoms with Crippen LogP contribution in [0.15, 0.2) is 0 Å². The Morgan fingerprint density at radius 2 is 0.625 bits per heavy atom. The van der Waals surface area contributed by atoms with Crippen LogP contribution in [0.1, 0.15) is 0 Å². The molecule has 12 unspecified atom stereocenters. The molecule has 0 aliphatic heterocycles. The van der Waals surface area contributed by atoms with Crippen molar-refractivity contribution in [1.82, 2.24) is 0 Å². The summed E-state index contributed by atoms with van der Waals surface area (Å²) < 4.78 is 0. The zero-order valence-electron chi connectivity index (χ0n) is 13.6. The summed E-state index contributed by atoms with van der Waals surface area (Å²) in [5.74, 6) is 22.5. The minimum atomic E-state index is 0.646. The van der Waals surface area contributed by atoms with Gasteiger partial charge in [-0.2, -0.15) is 0 Å². The van der Waals surface area contributed by atoms with E-state index in [1.54, 1.807) is 0 Å². The molecule has 2 heteroatoms. The molecule has 0 amide bonds. The van der Waals surface area contributed by atoms with Crippen LogP contribution in [0.25, 0.3) is 0 Å². The highest BCUT2D eigenvalue weighted by Gasteiger charge is 3.03. The summed E-state index contributed by atoms with van der Waals surface area (Å²) in [6, 6.07) is 0. The summed E-state index contributed by atoms with van der Waals surface area (Å²) in [6.07, 6.45) is 0. The van der Waals surface area contributed by atoms with Gasteiger partial charge in [0.1, 0.15) is 0 Å². The summed E-state index contributed by atoms with van der Waals surface area (Å²) >= 11 is 14.0. The number of hydrogen-bond donors (Lipinski definition) is 0. The molecule has 0 saturated heterocycles. The van der Waals surface area contributed by atoms with Crippen LogP contribution in [0.3, 0.4) is 0 Å². The van der Waals surface area contributed by atoms with Crippen LogP contribution in [0.2, 0.25) is 0 Å². The van der Waals surface area contributed by atoms with Gasteiger partial charge < -0.3 is 0 Å². The summed E-state index contributed by atoms with van der Waals surface area (Å²) in [7, 11) is 0. The molecule has 12 saturated carbocycles. The highest BCUT2D eigenvalue weighted by Crippen LogP contribution is 3.06. The lowest BCUT2D eigenvalue weighted by molar-refractivity contribution is 0.0743. The summed E-state index contributed by atoms with van der Waals surface area (Å²) in [5.41, 5.74) is 1.29. The minimum Gasteiger partial charge on any atom is -0.126 e. The van der Waals surface area contributed by atoms with Gasteiger partial charge in [-0.25, -0.2) is 0 Å². The zero-order chi connectivity index (χ0) is 14.8. The molecular formula is C22H22Cl2. The van der Waals surface area contributed by atoms with E-state index < -0.39 is 0 Å². The second-order valence-corrected chi connectivity index (χ2v) is 13.1. The second-order valence-electron chi connectivity index (χ2n) is 12.6. The van der Waals surface area contributed by atoms with Crippen molar-refractivity contribution in [3.63, 3.8) is 0 Å². The molecule has 0 radical (unpaired) electrons. The third-order valence-corrected chi connectivity index (χ3v) is 15.4. The maximum atomic E-state index is 6.99. The van der Waals surface area contributed by atoms with Crippen LogP contribution < -0.4 is 0 Å². The molecule has 12 atom stereocenters. The largest absolute Gasteiger partial charge is 0.126 e. The van der Waals surface area contributed by atoms with Crippen molar-refractivity contribution in [3.05, 3.63) is 0 Å². The van der Waals surface area contributed by atoms with E-state index in [1.807, 2.05) is 0 Å². The third-order valence-electron chi connectivity index (χ3n) is 14.5. The fraction of sp³-hybridized carbons (Fsp3) is 1.00. The SMILES string of the molecule is ClCC12C3C4C5C6C3C3C7C6C6C5C5C4C1C1C(C32)C7C6(CCl)C51. The van der Waals surface area contributed by atoms with Crippen molar-refractivity contribution in [1.29, 1.82) is 0 Å². The molecule has 12 fully saturated rings. The fourth-order valence-electron chi connectivity index (χ4n) is 16.5. The smallest absolute Gasteiger partial charge is 0.0288 e. The normalized spacial score (nSPS) is 98.2. The number of rotatable bonds is 2. The van der Waals surface area contributed by atoms with Crippen LogP contribution in [-0.4, -0.2) is 11.8 Å². The molecule has 0 spiro atoms. The van der Waals surface area contributed by atoms with E-state index in [9.17, 15) is 0 Å². The molecule has 0 bridgehead atoms. The Hall–Kier alpha value is 0.580. The lowest BCUT2D eigenvalue weighted by Gasteiger charge is -2.41. The molecule has 12 aliphatic rings. The van der Waals surface area contributed by atoms with Gasteiger partial charge in [-0.15, -0.1) is 23.2 Å². The average Bonchev–Trinajstić information content (AvgIpc) is 3.27. The molecule has 0 aromatic rings. The highest BCUT2D eigenvalue weighted by molar-refractivity contribution is 6.19. The third kappa shape index (κ3) is 0.548.